The van der Waals surface area contributed by atoms with E-state index in [1.54, 1.807) is 35.7 Å². The summed E-state index contributed by atoms with van der Waals surface area (Å²) in [6.45, 7) is -0.215. The first-order valence-corrected chi connectivity index (χ1v) is 9.57. The second kappa shape index (κ2) is 11.2. The summed E-state index contributed by atoms with van der Waals surface area (Å²) in [5.74, 6) is -1.61. The average Bonchev–Trinajstić information content (AvgIpc) is 3.27. The predicted molar refractivity (Wildman–Crippen MR) is 106 cm³/mol. The second-order valence-electron chi connectivity index (χ2n) is 5.75. The van der Waals surface area contributed by atoms with Crippen molar-refractivity contribution in [2.75, 3.05) is 25.0 Å². The molecule has 0 bridgehead atoms. The van der Waals surface area contributed by atoms with Crippen LogP contribution in [0.1, 0.15) is 32.9 Å². The maximum atomic E-state index is 12.4. The lowest BCUT2D eigenvalue weighted by Gasteiger charge is -2.20. The first-order chi connectivity index (χ1) is 14.1. The number of carbonyl (C=O) groups is 3. The Kier molecular flexibility index (Phi) is 8.36. The van der Waals surface area contributed by atoms with E-state index in [2.05, 4.69) is 5.32 Å². The number of amides is 2. The SMILES string of the molecule is N#CCCN(CCC#N)C(=O)COC(=O)c1ccccc1NC(=O)c1cccs1. The quantitative estimate of drug-likeness (QED) is 0.634. The molecule has 0 aliphatic rings. The lowest BCUT2D eigenvalue weighted by Crippen LogP contribution is -2.36. The van der Waals surface area contributed by atoms with E-state index >= 15 is 0 Å². The van der Waals surface area contributed by atoms with Crippen LogP contribution < -0.4 is 5.32 Å². The Hall–Kier alpha value is -3.69. The number of hydrogen-bond acceptors (Lipinski definition) is 7. The molecule has 2 rings (SSSR count). The molecule has 0 aliphatic heterocycles. The summed E-state index contributed by atoms with van der Waals surface area (Å²) in [5, 5.41) is 21.8. The van der Waals surface area contributed by atoms with Crippen LogP contribution >= 0.6 is 11.3 Å². The standard InChI is InChI=1S/C20H18N4O4S/c21-9-4-11-24(12-5-10-22)18(25)14-28-20(27)15-6-1-2-7-16(15)23-19(26)17-8-3-13-29-17/h1-3,6-8,13H,4-5,11-12,14H2,(H,23,26). The molecule has 0 unspecified atom stereocenters. The van der Waals surface area contributed by atoms with Crippen molar-refractivity contribution in [3.05, 3.63) is 52.2 Å². The van der Waals surface area contributed by atoms with Gasteiger partial charge in [-0.25, -0.2) is 4.79 Å². The number of para-hydroxylation sites is 1. The maximum absolute atomic E-state index is 12.4. The Labute approximate surface area is 171 Å². The Morgan fingerprint density at radius 3 is 2.34 bits per heavy atom. The van der Waals surface area contributed by atoms with Gasteiger partial charge in [-0.15, -0.1) is 11.3 Å². The summed E-state index contributed by atoms with van der Waals surface area (Å²) in [4.78, 5) is 38.8. The van der Waals surface area contributed by atoms with E-state index < -0.39 is 18.5 Å². The van der Waals surface area contributed by atoms with Crippen molar-refractivity contribution < 1.29 is 19.1 Å². The zero-order valence-corrected chi connectivity index (χ0v) is 16.3. The number of anilines is 1. The Balaban J connectivity index is 2.01. The van der Waals surface area contributed by atoms with E-state index in [0.29, 0.717) is 4.88 Å². The number of benzene rings is 1. The molecule has 0 saturated carbocycles. The summed E-state index contributed by atoms with van der Waals surface area (Å²) in [5.41, 5.74) is 0.389. The first-order valence-electron chi connectivity index (χ1n) is 8.69. The van der Waals surface area contributed by atoms with Crippen molar-refractivity contribution in [2.45, 2.75) is 12.8 Å². The monoisotopic (exact) mass is 410 g/mol. The van der Waals surface area contributed by atoms with Crippen LogP contribution in [0.15, 0.2) is 41.8 Å². The van der Waals surface area contributed by atoms with Gasteiger partial charge in [-0.2, -0.15) is 10.5 Å². The van der Waals surface area contributed by atoms with E-state index in [4.69, 9.17) is 15.3 Å². The highest BCUT2D eigenvalue weighted by molar-refractivity contribution is 7.12. The highest BCUT2D eigenvalue weighted by Crippen LogP contribution is 2.19. The van der Waals surface area contributed by atoms with Gasteiger partial charge in [0.25, 0.3) is 11.8 Å². The van der Waals surface area contributed by atoms with Crippen LogP contribution in [-0.2, 0) is 9.53 Å². The van der Waals surface area contributed by atoms with Crippen molar-refractivity contribution in [1.82, 2.24) is 4.90 Å². The van der Waals surface area contributed by atoms with Crippen LogP contribution in [0.25, 0.3) is 0 Å². The summed E-state index contributed by atoms with van der Waals surface area (Å²) in [6.07, 6.45) is 0.228. The van der Waals surface area contributed by atoms with Crippen molar-refractivity contribution >= 4 is 34.8 Å². The van der Waals surface area contributed by atoms with Crippen LogP contribution in [0.4, 0.5) is 5.69 Å². The molecular formula is C20H18N4O4S. The predicted octanol–water partition coefficient (Wildman–Crippen LogP) is 2.81. The first kappa shape index (κ1) is 21.6. The van der Waals surface area contributed by atoms with Crippen LogP contribution in [0.3, 0.4) is 0 Å². The zero-order valence-electron chi connectivity index (χ0n) is 15.5. The Bertz CT molecular complexity index is 926. The van der Waals surface area contributed by atoms with Gasteiger partial charge in [-0.3, -0.25) is 9.59 Å². The van der Waals surface area contributed by atoms with Gasteiger partial charge in [-0.1, -0.05) is 18.2 Å². The molecule has 0 aliphatic carbocycles. The molecule has 1 aromatic carbocycles. The van der Waals surface area contributed by atoms with Gasteiger partial charge in [0.05, 0.1) is 41.1 Å². The molecule has 0 spiro atoms. The second-order valence-corrected chi connectivity index (χ2v) is 6.70. The highest BCUT2D eigenvalue weighted by atomic mass is 32.1. The molecular weight excluding hydrogens is 392 g/mol. The summed E-state index contributed by atoms with van der Waals surface area (Å²) in [7, 11) is 0. The van der Waals surface area contributed by atoms with Crippen molar-refractivity contribution in [3.8, 4) is 12.1 Å². The van der Waals surface area contributed by atoms with Crippen molar-refractivity contribution in [3.63, 3.8) is 0 Å². The fraction of sp³-hybridized carbons (Fsp3) is 0.250. The molecule has 0 saturated heterocycles. The van der Waals surface area contributed by atoms with Gasteiger partial charge >= 0.3 is 5.97 Å². The third-order valence-corrected chi connectivity index (χ3v) is 4.68. The molecule has 1 heterocycles. The molecule has 0 atom stereocenters. The topological polar surface area (TPSA) is 123 Å². The number of nitrogens with one attached hydrogen (secondary N) is 1. The lowest BCUT2D eigenvalue weighted by molar-refractivity contribution is -0.134. The summed E-state index contributed by atoms with van der Waals surface area (Å²) in [6, 6.07) is 13.6. The fourth-order valence-corrected chi connectivity index (χ4v) is 3.01. The van der Waals surface area contributed by atoms with Crippen LogP contribution in [-0.4, -0.2) is 42.4 Å². The third-order valence-electron chi connectivity index (χ3n) is 3.81. The van der Waals surface area contributed by atoms with Gasteiger partial charge in [0, 0.05) is 13.1 Å². The van der Waals surface area contributed by atoms with E-state index in [0.717, 1.165) is 0 Å². The van der Waals surface area contributed by atoms with Gasteiger partial charge in [0.15, 0.2) is 6.61 Å². The lowest BCUT2D eigenvalue weighted by atomic mass is 10.1. The van der Waals surface area contributed by atoms with Crippen LogP contribution in [0.5, 0.6) is 0 Å². The minimum absolute atomic E-state index is 0.114. The summed E-state index contributed by atoms with van der Waals surface area (Å²) >= 11 is 1.27. The van der Waals surface area contributed by atoms with Gasteiger partial charge < -0.3 is 15.0 Å². The minimum atomic E-state index is -0.763. The number of ether oxygens (including phenoxy) is 1. The molecule has 29 heavy (non-hydrogen) atoms. The molecule has 1 aromatic heterocycles. The number of esters is 1. The average molecular weight is 410 g/mol. The van der Waals surface area contributed by atoms with E-state index in [1.807, 2.05) is 12.1 Å². The molecule has 8 nitrogen and oxygen atoms in total. The van der Waals surface area contributed by atoms with E-state index in [1.165, 1.54) is 22.3 Å². The molecule has 2 aromatic rings. The molecule has 0 radical (unpaired) electrons. The highest BCUT2D eigenvalue weighted by Gasteiger charge is 2.19. The molecule has 1 N–H and O–H groups in total. The minimum Gasteiger partial charge on any atom is -0.452 e. The normalized spacial score (nSPS) is 9.72. The van der Waals surface area contributed by atoms with Crippen molar-refractivity contribution in [1.29, 1.82) is 10.5 Å². The number of carbonyl (C=O) groups excluding carboxylic acids is 3. The largest absolute Gasteiger partial charge is 0.452 e. The Morgan fingerprint density at radius 2 is 1.72 bits per heavy atom. The van der Waals surface area contributed by atoms with Crippen LogP contribution in [0.2, 0.25) is 0 Å². The zero-order chi connectivity index (χ0) is 21.1. The molecule has 9 heteroatoms. The van der Waals surface area contributed by atoms with Gasteiger partial charge in [0.2, 0.25) is 0 Å². The number of hydrogen-bond donors (Lipinski definition) is 1. The fourth-order valence-electron chi connectivity index (χ4n) is 2.39. The molecule has 0 fully saturated rings. The number of nitrogens with zero attached hydrogens (tertiary/aromatic N) is 3. The molecule has 2 amide bonds. The van der Waals surface area contributed by atoms with Gasteiger partial charge in [-0.05, 0) is 23.6 Å². The number of nitriles is 2. The maximum Gasteiger partial charge on any atom is 0.340 e. The number of thiophene rings is 1. The Morgan fingerprint density at radius 1 is 1.03 bits per heavy atom. The smallest absolute Gasteiger partial charge is 0.340 e. The van der Waals surface area contributed by atoms with Crippen LogP contribution in [0, 0.1) is 22.7 Å². The van der Waals surface area contributed by atoms with Crippen molar-refractivity contribution in [2.24, 2.45) is 0 Å². The van der Waals surface area contributed by atoms with Gasteiger partial charge in [0.1, 0.15) is 0 Å². The van der Waals surface area contributed by atoms with E-state index in [-0.39, 0.29) is 43.1 Å². The summed E-state index contributed by atoms with van der Waals surface area (Å²) < 4.78 is 5.10. The number of rotatable bonds is 9. The van der Waals surface area contributed by atoms with E-state index in [9.17, 15) is 14.4 Å². The third kappa shape index (κ3) is 6.45. The molecule has 148 valence electrons.